The molecule has 0 spiro atoms. The molecule has 1 aromatic rings. The first-order chi connectivity index (χ1) is 9.57. The summed E-state index contributed by atoms with van der Waals surface area (Å²) in [7, 11) is -3.37. The van der Waals surface area contributed by atoms with Gasteiger partial charge in [0.1, 0.15) is 0 Å². The van der Waals surface area contributed by atoms with Crippen molar-refractivity contribution in [2.75, 3.05) is 13.1 Å². The Morgan fingerprint density at radius 1 is 1.10 bits per heavy atom. The standard InChI is InChI=1S/C15H19NO3S/c17-14-7-9-16(10-8-14)20(18,19)15-6-5-12-3-1-2-4-13(12)11-15/h1-4,11,14,17H,5-10H2. The molecule has 0 saturated carbocycles. The van der Waals surface area contributed by atoms with Crippen LogP contribution in [0.15, 0.2) is 29.2 Å². The van der Waals surface area contributed by atoms with Gasteiger partial charge in [-0.1, -0.05) is 24.3 Å². The number of rotatable bonds is 2. The zero-order valence-electron chi connectivity index (χ0n) is 11.3. The number of piperidine rings is 1. The molecule has 0 unspecified atom stereocenters. The highest BCUT2D eigenvalue weighted by Gasteiger charge is 2.31. The van der Waals surface area contributed by atoms with Gasteiger partial charge in [-0.15, -0.1) is 0 Å². The monoisotopic (exact) mass is 293 g/mol. The van der Waals surface area contributed by atoms with Crippen molar-refractivity contribution in [2.24, 2.45) is 0 Å². The summed E-state index contributed by atoms with van der Waals surface area (Å²) in [5.41, 5.74) is 2.22. The summed E-state index contributed by atoms with van der Waals surface area (Å²) < 4.78 is 26.8. The van der Waals surface area contributed by atoms with Gasteiger partial charge in [-0.2, -0.15) is 4.31 Å². The predicted octanol–water partition coefficient (Wildman–Crippen LogP) is 1.76. The first-order valence-corrected chi connectivity index (χ1v) is 8.48. The molecule has 0 amide bonds. The highest BCUT2D eigenvalue weighted by molar-refractivity contribution is 7.93. The summed E-state index contributed by atoms with van der Waals surface area (Å²) in [5, 5.41) is 9.50. The fourth-order valence-electron chi connectivity index (χ4n) is 2.86. The highest BCUT2D eigenvalue weighted by Crippen LogP contribution is 2.30. The van der Waals surface area contributed by atoms with Crippen LogP contribution in [0.3, 0.4) is 0 Å². The van der Waals surface area contributed by atoms with Crippen molar-refractivity contribution in [3.8, 4) is 0 Å². The molecule has 1 N–H and O–H groups in total. The summed E-state index contributed by atoms with van der Waals surface area (Å²) in [5.74, 6) is 0. The summed E-state index contributed by atoms with van der Waals surface area (Å²) in [4.78, 5) is 0.507. The number of sulfonamides is 1. The zero-order chi connectivity index (χ0) is 14.2. The lowest BCUT2D eigenvalue weighted by Gasteiger charge is -2.30. The maximum Gasteiger partial charge on any atom is 0.239 e. The zero-order valence-corrected chi connectivity index (χ0v) is 12.1. The summed E-state index contributed by atoms with van der Waals surface area (Å²) in [6.07, 6.45) is 3.85. The van der Waals surface area contributed by atoms with Gasteiger partial charge in [-0.05, 0) is 42.9 Å². The lowest BCUT2D eigenvalue weighted by atomic mass is 9.98. The Morgan fingerprint density at radius 2 is 1.80 bits per heavy atom. The second-order valence-corrected chi connectivity index (χ2v) is 7.44. The minimum absolute atomic E-state index is 0.359. The van der Waals surface area contributed by atoms with Crippen LogP contribution in [0.4, 0.5) is 0 Å². The molecule has 1 heterocycles. The van der Waals surface area contributed by atoms with Gasteiger partial charge >= 0.3 is 0 Å². The molecule has 1 aliphatic carbocycles. The Bertz CT molecular complexity index is 628. The number of aliphatic hydroxyl groups excluding tert-OH is 1. The maximum absolute atomic E-state index is 12.6. The Hall–Kier alpha value is -1.17. The highest BCUT2D eigenvalue weighted by atomic mass is 32.2. The number of benzene rings is 1. The third kappa shape index (κ3) is 2.53. The molecule has 0 bridgehead atoms. The van der Waals surface area contributed by atoms with E-state index in [1.165, 1.54) is 9.87 Å². The van der Waals surface area contributed by atoms with Crippen LogP contribution in [0.25, 0.3) is 6.08 Å². The van der Waals surface area contributed by atoms with E-state index in [1.54, 1.807) is 6.08 Å². The lowest BCUT2D eigenvalue weighted by Crippen LogP contribution is -2.40. The fraction of sp³-hybridized carbons (Fsp3) is 0.467. The number of fused-ring (bicyclic) bond motifs is 1. The van der Waals surface area contributed by atoms with Crippen LogP contribution < -0.4 is 0 Å². The van der Waals surface area contributed by atoms with Crippen LogP contribution in [0.2, 0.25) is 0 Å². The molecular weight excluding hydrogens is 274 g/mol. The Labute approximate surface area is 119 Å². The third-order valence-electron chi connectivity index (χ3n) is 4.11. The smallest absolute Gasteiger partial charge is 0.239 e. The SMILES string of the molecule is O=S(=O)(C1=Cc2ccccc2CC1)N1CCC(O)CC1. The van der Waals surface area contributed by atoms with Crippen molar-refractivity contribution in [1.82, 2.24) is 4.31 Å². The van der Waals surface area contributed by atoms with E-state index in [1.807, 2.05) is 24.3 Å². The van der Waals surface area contributed by atoms with Crippen molar-refractivity contribution in [1.29, 1.82) is 0 Å². The Balaban J connectivity index is 1.87. The molecule has 108 valence electrons. The van der Waals surface area contributed by atoms with E-state index in [0.717, 1.165) is 12.0 Å². The largest absolute Gasteiger partial charge is 0.393 e. The van der Waals surface area contributed by atoms with Crippen molar-refractivity contribution < 1.29 is 13.5 Å². The van der Waals surface area contributed by atoms with Gasteiger partial charge < -0.3 is 5.11 Å². The number of nitrogens with zero attached hydrogens (tertiary/aromatic N) is 1. The molecular formula is C15H19NO3S. The summed E-state index contributed by atoms with van der Waals surface area (Å²) in [6.45, 7) is 0.838. The second-order valence-electron chi connectivity index (χ2n) is 5.44. The Morgan fingerprint density at radius 3 is 2.55 bits per heavy atom. The molecule has 0 radical (unpaired) electrons. The van der Waals surface area contributed by atoms with Crippen molar-refractivity contribution >= 4 is 16.1 Å². The lowest BCUT2D eigenvalue weighted by molar-refractivity contribution is 0.113. The molecule has 5 heteroatoms. The minimum Gasteiger partial charge on any atom is -0.393 e. The van der Waals surface area contributed by atoms with Gasteiger partial charge in [0.05, 0.1) is 11.0 Å². The second kappa shape index (κ2) is 5.31. The van der Waals surface area contributed by atoms with E-state index < -0.39 is 10.0 Å². The van der Waals surface area contributed by atoms with Crippen LogP contribution >= 0.6 is 0 Å². The Kier molecular flexibility index (Phi) is 3.67. The van der Waals surface area contributed by atoms with E-state index in [-0.39, 0.29) is 6.10 Å². The van der Waals surface area contributed by atoms with Gasteiger partial charge in [0.25, 0.3) is 0 Å². The topological polar surface area (TPSA) is 57.6 Å². The van der Waals surface area contributed by atoms with Gasteiger partial charge in [0.15, 0.2) is 0 Å². The van der Waals surface area contributed by atoms with Crippen LogP contribution in [0.1, 0.15) is 30.4 Å². The molecule has 1 aromatic carbocycles. The van der Waals surface area contributed by atoms with Crippen molar-refractivity contribution in [2.45, 2.75) is 31.8 Å². The number of allylic oxidation sites excluding steroid dienone is 1. The maximum atomic E-state index is 12.6. The molecule has 2 aliphatic rings. The van der Waals surface area contributed by atoms with Crippen molar-refractivity contribution in [3.05, 3.63) is 40.3 Å². The molecule has 4 nitrogen and oxygen atoms in total. The first kappa shape index (κ1) is 13.8. The average Bonchev–Trinajstić information content (AvgIpc) is 2.47. The average molecular weight is 293 g/mol. The molecule has 1 fully saturated rings. The van der Waals surface area contributed by atoms with Crippen molar-refractivity contribution in [3.63, 3.8) is 0 Å². The first-order valence-electron chi connectivity index (χ1n) is 7.04. The molecule has 3 rings (SSSR count). The normalized spacial score (nSPS) is 21.4. The van der Waals surface area contributed by atoms with E-state index >= 15 is 0 Å². The summed E-state index contributed by atoms with van der Waals surface area (Å²) >= 11 is 0. The number of aryl methyl sites for hydroxylation is 1. The fourth-order valence-corrected chi connectivity index (χ4v) is 4.52. The summed E-state index contributed by atoms with van der Waals surface area (Å²) in [6, 6.07) is 7.93. The molecule has 1 saturated heterocycles. The van der Waals surface area contributed by atoms with E-state index in [2.05, 4.69) is 0 Å². The number of hydrogen-bond donors (Lipinski definition) is 1. The number of hydrogen-bond acceptors (Lipinski definition) is 3. The predicted molar refractivity (Wildman–Crippen MR) is 78.5 cm³/mol. The van der Waals surface area contributed by atoms with E-state index in [4.69, 9.17) is 0 Å². The van der Waals surface area contributed by atoms with Gasteiger partial charge in [-0.3, -0.25) is 0 Å². The molecule has 1 aliphatic heterocycles. The van der Waals surface area contributed by atoms with Crippen LogP contribution in [-0.4, -0.2) is 37.0 Å². The van der Waals surface area contributed by atoms with Crippen LogP contribution in [0.5, 0.6) is 0 Å². The van der Waals surface area contributed by atoms with Gasteiger partial charge in [-0.25, -0.2) is 8.42 Å². The minimum atomic E-state index is -3.37. The number of aliphatic hydroxyl groups is 1. The van der Waals surface area contributed by atoms with Gasteiger partial charge in [0.2, 0.25) is 10.0 Å². The van der Waals surface area contributed by atoms with E-state index in [9.17, 15) is 13.5 Å². The third-order valence-corrected chi connectivity index (χ3v) is 6.14. The van der Waals surface area contributed by atoms with Gasteiger partial charge in [0, 0.05) is 13.1 Å². The molecule has 20 heavy (non-hydrogen) atoms. The molecule has 0 aromatic heterocycles. The molecule has 0 atom stereocenters. The van der Waals surface area contributed by atoms with Crippen LogP contribution in [-0.2, 0) is 16.4 Å². The quantitative estimate of drug-likeness (QED) is 0.904. The van der Waals surface area contributed by atoms with Crippen LogP contribution in [0, 0.1) is 0 Å². The van der Waals surface area contributed by atoms with E-state index in [0.29, 0.717) is 37.3 Å².